The lowest BCUT2D eigenvalue weighted by Gasteiger charge is -2.36. The van der Waals surface area contributed by atoms with E-state index in [-0.39, 0.29) is 17.7 Å². The van der Waals surface area contributed by atoms with E-state index >= 15 is 0 Å². The number of rotatable bonds is 5. The summed E-state index contributed by atoms with van der Waals surface area (Å²) in [5.41, 5.74) is 0.800. The maximum atomic E-state index is 12.2. The van der Waals surface area contributed by atoms with Crippen molar-refractivity contribution in [2.24, 2.45) is 11.8 Å². The molecule has 0 radical (unpaired) electrons. The fourth-order valence-corrected chi connectivity index (χ4v) is 3.95. The fraction of sp³-hybridized carbons (Fsp3) is 0.562. The summed E-state index contributed by atoms with van der Waals surface area (Å²) in [7, 11) is -3.14. The Morgan fingerprint density at radius 3 is 2.55 bits per heavy atom. The van der Waals surface area contributed by atoms with Gasteiger partial charge in [0.2, 0.25) is 15.9 Å². The molecule has 0 spiro atoms. The first-order valence-corrected chi connectivity index (χ1v) is 9.55. The number of nitrogens with zero attached hydrogens (tertiary/aromatic N) is 1. The largest absolute Gasteiger partial charge is 0.326 e. The number of amides is 1. The lowest BCUT2D eigenvalue weighted by molar-refractivity contribution is -0.117. The minimum Gasteiger partial charge on any atom is -0.326 e. The van der Waals surface area contributed by atoms with E-state index in [9.17, 15) is 13.2 Å². The zero-order chi connectivity index (χ0) is 16.2. The number of nitrogens with one attached hydrogen (secondary N) is 1. The normalized spacial score (nSPS) is 23.2. The Bertz CT molecular complexity index is 601. The summed E-state index contributed by atoms with van der Waals surface area (Å²) in [5, 5.41) is 2.90. The molecule has 0 bridgehead atoms. The topological polar surface area (TPSA) is 66.5 Å². The van der Waals surface area contributed by atoms with Crippen molar-refractivity contribution in [3.8, 4) is 0 Å². The first-order valence-electron chi connectivity index (χ1n) is 7.70. The van der Waals surface area contributed by atoms with Gasteiger partial charge in [-0.15, -0.1) is 0 Å². The Hall–Kier alpha value is -1.40. The monoisotopic (exact) mass is 324 g/mol. The molecule has 0 aliphatic carbocycles. The van der Waals surface area contributed by atoms with Crippen molar-refractivity contribution in [2.45, 2.75) is 26.2 Å². The zero-order valence-electron chi connectivity index (χ0n) is 13.2. The molecule has 1 fully saturated rings. The van der Waals surface area contributed by atoms with Crippen LogP contribution in [0.2, 0.25) is 0 Å². The van der Waals surface area contributed by atoms with Crippen molar-refractivity contribution in [1.82, 2.24) is 4.31 Å². The number of sulfonamides is 1. The molecule has 5 nitrogen and oxygen atoms in total. The van der Waals surface area contributed by atoms with E-state index in [1.807, 2.05) is 30.3 Å². The SMILES string of the molecule is CCC1CN(S(C)(=O)=O)CCC1CC(=O)Nc1ccccc1. The van der Waals surface area contributed by atoms with Crippen LogP contribution in [0.15, 0.2) is 30.3 Å². The standard InChI is InChI=1S/C16H24N2O3S/c1-3-13-12-18(22(2,20)21)10-9-14(13)11-16(19)17-15-7-5-4-6-8-15/h4-8,13-14H,3,9-12H2,1-2H3,(H,17,19). The zero-order valence-corrected chi connectivity index (χ0v) is 14.0. The number of hydrogen-bond acceptors (Lipinski definition) is 3. The Balaban J connectivity index is 1.93. The molecule has 2 rings (SSSR count). The summed E-state index contributed by atoms with van der Waals surface area (Å²) in [5.74, 6) is 0.485. The van der Waals surface area contributed by atoms with Gasteiger partial charge in [0, 0.05) is 25.2 Å². The van der Waals surface area contributed by atoms with E-state index < -0.39 is 10.0 Å². The Morgan fingerprint density at radius 2 is 1.95 bits per heavy atom. The number of hydrogen-bond donors (Lipinski definition) is 1. The van der Waals surface area contributed by atoms with Crippen LogP contribution in [-0.4, -0.2) is 38.0 Å². The van der Waals surface area contributed by atoms with Gasteiger partial charge >= 0.3 is 0 Å². The highest BCUT2D eigenvalue weighted by atomic mass is 32.2. The number of para-hydroxylation sites is 1. The van der Waals surface area contributed by atoms with E-state index in [4.69, 9.17) is 0 Å². The third kappa shape index (κ3) is 4.55. The molecular weight excluding hydrogens is 300 g/mol. The van der Waals surface area contributed by atoms with E-state index in [2.05, 4.69) is 12.2 Å². The summed E-state index contributed by atoms with van der Waals surface area (Å²) >= 11 is 0. The van der Waals surface area contributed by atoms with Gasteiger partial charge < -0.3 is 5.32 Å². The molecule has 2 atom stereocenters. The second kappa shape index (κ2) is 7.24. The molecule has 1 amide bonds. The van der Waals surface area contributed by atoms with Gasteiger partial charge in [0.1, 0.15) is 0 Å². The molecule has 1 saturated heterocycles. The third-order valence-corrected chi connectivity index (χ3v) is 5.62. The molecule has 1 heterocycles. The number of piperidine rings is 1. The highest BCUT2D eigenvalue weighted by Gasteiger charge is 2.33. The summed E-state index contributed by atoms with van der Waals surface area (Å²) in [4.78, 5) is 12.2. The van der Waals surface area contributed by atoms with Gasteiger partial charge in [-0.2, -0.15) is 0 Å². The van der Waals surface area contributed by atoms with Crippen molar-refractivity contribution in [2.75, 3.05) is 24.7 Å². The molecule has 122 valence electrons. The lowest BCUT2D eigenvalue weighted by Crippen LogP contribution is -2.43. The molecule has 1 aromatic rings. The molecule has 6 heteroatoms. The minimum absolute atomic E-state index is 0.00227. The number of anilines is 1. The summed E-state index contributed by atoms with van der Waals surface area (Å²) in [6.07, 6.45) is 3.33. The van der Waals surface area contributed by atoms with Crippen molar-refractivity contribution in [3.63, 3.8) is 0 Å². The molecule has 1 N–H and O–H groups in total. The van der Waals surface area contributed by atoms with Crippen LogP contribution in [0.5, 0.6) is 0 Å². The quantitative estimate of drug-likeness (QED) is 0.904. The molecular formula is C16H24N2O3S. The maximum absolute atomic E-state index is 12.2. The van der Waals surface area contributed by atoms with E-state index in [0.29, 0.717) is 19.5 Å². The van der Waals surface area contributed by atoms with Crippen molar-refractivity contribution >= 4 is 21.6 Å². The van der Waals surface area contributed by atoms with Gasteiger partial charge in [-0.25, -0.2) is 12.7 Å². The average molecular weight is 324 g/mol. The second-order valence-corrected chi connectivity index (χ2v) is 7.94. The molecule has 2 unspecified atom stereocenters. The molecule has 0 aromatic heterocycles. The van der Waals surface area contributed by atoms with E-state index in [1.54, 1.807) is 0 Å². The average Bonchev–Trinajstić information content (AvgIpc) is 2.47. The molecule has 1 aliphatic rings. The van der Waals surface area contributed by atoms with Crippen LogP contribution in [0, 0.1) is 11.8 Å². The summed E-state index contributed by atoms with van der Waals surface area (Å²) in [6, 6.07) is 9.40. The summed E-state index contributed by atoms with van der Waals surface area (Å²) < 4.78 is 24.9. The number of carbonyl (C=O) groups is 1. The van der Waals surface area contributed by atoms with Gasteiger partial charge in [0.05, 0.1) is 6.26 Å². The van der Waals surface area contributed by atoms with E-state index in [1.165, 1.54) is 10.6 Å². The summed E-state index contributed by atoms with van der Waals surface area (Å²) in [6.45, 7) is 3.09. The molecule has 1 aromatic carbocycles. The smallest absolute Gasteiger partial charge is 0.224 e. The first-order chi connectivity index (χ1) is 10.4. The van der Waals surface area contributed by atoms with Gasteiger partial charge in [0.15, 0.2) is 0 Å². The van der Waals surface area contributed by atoms with Crippen LogP contribution in [0.4, 0.5) is 5.69 Å². The Kier molecular flexibility index (Phi) is 5.58. The number of benzene rings is 1. The van der Waals surface area contributed by atoms with Crippen LogP contribution in [0.3, 0.4) is 0 Å². The highest BCUT2D eigenvalue weighted by Crippen LogP contribution is 2.30. The number of carbonyl (C=O) groups excluding carboxylic acids is 1. The van der Waals surface area contributed by atoms with Crippen molar-refractivity contribution in [1.29, 1.82) is 0 Å². The van der Waals surface area contributed by atoms with Crippen molar-refractivity contribution < 1.29 is 13.2 Å². The maximum Gasteiger partial charge on any atom is 0.224 e. The van der Waals surface area contributed by atoms with Crippen molar-refractivity contribution in [3.05, 3.63) is 30.3 Å². The van der Waals surface area contributed by atoms with E-state index in [0.717, 1.165) is 18.5 Å². The van der Waals surface area contributed by atoms with Crippen LogP contribution < -0.4 is 5.32 Å². The highest BCUT2D eigenvalue weighted by molar-refractivity contribution is 7.88. The molecule has 0 saturated carbocycles. The van der Waals surface area contributed by atoms with Crippen LogP contribution in [-0.2, 0) is 14.8 Å². The fourth-order valence-electron chi connectivity index (χ4n) is 3.05. The molecule has 1 aliphatic heterocycles. The predicted molar refractivity (Wildman–Crippen MR) is 88.0 cm³/mol. The lowest BCUT2D eigenvalue weighted by atomic mass is 9.82. The van der Waals surface area contributed by atoms with Gasteiger partial charge in [0.25, 0.3) is 0 Å². The first kappa shape index (κ1) is 17.0. The van der Waals surface area contributed by atoms with Gasteiger partial charge in [-0.05, 0) is 30.4 Å². The Morgan fingerprint density at radius 1 is 1.27 bits per heavy atom. The van der Waals surface area contributed by atoms with Gasteiger partial charge in [-0.1, -0.05) is 31.5 Å². The van der Waals surface area contributed by atoms with Crippen LogP contribution in [0.25, 0.3) is 0 Å². The minimum atomic E-state index is -3.14. The van der Waals surface area contributed by atoms with Gasteiger partial charge in [-0.3, -0.25) is 4.79 Å². The second-order valence-electron chi connectivity index (χ2n) is 5.96. The molecule has 22 heavy (non-hydrogen) atoms. The third-order valence-electron chi connectivity index (χ3n) is 4.35. The Labute approximate surface area is 132 Å². The van der Waals surface area contributed by atoms with Crippen LogP contribution >= 0.6 is 0 Å². The van der Waals surface area contributed by atoms with Crippen LogP contribution in [0.1, 0.15) is 26.2 Å². The predicted octanol–water partition coefficient (Wildman–Crippen LogP) is 2.32.